The Labute approximate surface area is 255 Å². The molecule has 43 heavy (non-hydrogen) atoms. The van der Waals surface area contributed by atoms with Gasteiger partial charge in [-0.1, -0.05) is 18.2 Å². The third-order valence-corrected chi connectivity index (χ3v) is 9.96. The van der Waals surface area contributed by atoms with Crippen LogP contribution in [0.4, 0.5) is 0 Å². The molecule has 0 bridgehead atoms. The third-order valence-electron chi connectivity index (χ3n) is 7.58. The number of hydrogen-bond acceptors (Lipinski definition) is 4. The number of rotatable bonds is 5. The molecular formula is C38H24N4Se. The van der Waals surface area contributed by atoms with E-state index in [4.69, 9.17) is 19.9 Å². The van der Waals surface area contributed by atoms with Gasteiger partial charge in [0.2, 0.25) is 0 Å². The zero-order chi connectivity index (χ0) is 28.6. The van der Waals surface area contributed by atoms with Gasteiger partial charge in [-0.3, -0.25) is 0 Å². The van der Waals surface area contributed by atoms with Crippen molar-refractivity contribution in [3.8, 4) is 55.4 Å². The molecule has 0 saturated carbocycles. The van der Waals surface area contributed by atoms with E-state index in [2.05, 4.69) is 103 Å². The molecule has 0 amide bonds. The first-order valence-electron chi connectivity index (χ1n) is 14.2. The van der Waals surface area contributed by atoms with E-state index >= 15 is 0 Å². The van der Waals surface area contributed by atoms with Crippen LogP contribution in [0.2, 0.25) is 0 Å². The van der Waals surface area contributed by atoms with Crippen LogP contribution in [-0.2, 0) is 0 Å². The van der Waals surface area contributed by atoms with Crippen LogP contribution in [0.25, 0.3) is 76.0 Å². The molecule has 0 fully saturated rings. The molecule has 0 atom stereocenters. The van der Waals surface area contributed by atoms with Crippen LogP contribution >= 0.6 is 0 Å². The molecular weight excluding hydrogens is 591 g/mol. The molecule has 0 radical (unpaired) electrons. The maximum absolute atomic E-state index is 5.10. The van der Waals surface area contributed by atoms with Crippen molar-refractivity contribution in [3.63, 3.8) is 0 Å². The maximum atomic E-state index is 5.10. The molecule has 6 aromatic carbocycles. The molecule has 2 aromatic heterocycles. The molecule has 8 aromatic rings. The summed E-state index contributed by atoms with van der Waals surface area (Å²) in [5.74, 6) is 1.97. The Morgan fingerprint density at radius 3 is 1.58 bits per heavy atom. The predicted octanol–water partition coefficient (Wildman–Crippen LogP) is 8.96. The van der Waals surface area contributed by atoms with Crippen molar-refractivity contribution in [1.82, 2.24) is 19.9 Å². The second-order valence-electron chi connectivity index (χ2n) is 10.3. The first-order valence-corrected chi connectivity index (χ1v) is 15.9. The van der Waals surface area contributed by atoms with Gasteiger partial charge >= 0.3 is 238 Å². The summed E-state index contributed by atoms with van der Waals surface area (Å²) < 4.78 is 2.42. The van der Waals surface area contributed by atoms with E-state index < -0.39 is 0 Å². The van der Waals surface area contributed by atoms with E-state index in [-0.39, 0.29) is 14.5 Å². The molecule has 0 saturated heterocycles. The Balaban J connectivity index is 1.32. The van der Waals surface area contributed by atoms with E-state index in [0.717, 1.165) is 37.7 Å². The van der Waals surface area contributed by atoms with Crippen LogP contribution in [0.5, 0.6) is 0 Å². The smallest absolute Gasteiger partial charge is 0.0617 e. The summed E-state index contributed by atoms with van der Waals surface area (Å²) in [7, 11) is 0. The van der Waals surface area contributed by atoms with Crippen LogP contribution in [-0.4, -0.2) is 34.4 Å². The van der Waals surface area contributed by atoms with Crippen LogP contribution < -0.4 is 0 Å². The molecule has 4 nitrogen and oxygen atoms in total. The minimum Gasteiger partial charge on any atom is -0.0617 e. The Morgan fingerprint density at radius 2 is 0.907 bits per heavy atom. The van der Waals surface area contributed by atoms with Gasteiger partial charge in [-0.25, -0.2) is 0 Å². The Morgan fingerprint density at radius 1 is 0.372 bits per heavy atom. The van der Waals surface area contributed by atoms with Crippen molar-refractivity contribution in [3.05, 3.63) is 146 Å². The summed E-state index contributed by atoms with van der Waals surface area (Å²) in [6.45, 7) is 0. The summed E-state index contributed by atoms with van der Waals surface area (Å²) in [6, 6.07) is 50.2. The van der Waals surface area contributed by atoms with E-state index in [9.17, 15) is 0 Å². The predicted molar refractivity (Wildman–Crippen MR) is 177 cm³/mol. The van der Waals surface area contributed by atoms with Crippen molar-refractivity contribution in [1.29, 1.82) is 0 Å². The fraction of sp³-hybridized carbons (Fsp3) is 0. The summed E-state index contributed by atoms with van der Waals surface area (Å²) >= 11 is 0.0533. The Hall–Kier alpha value is -5.22. The van der Waals surface area contributed by atoms with Crippen LogP contribution in [0, 0.1) is 0 Å². The van der Waals surface area contributed by atoms with Crippen molar-refractivity contribution in [2.45, 2.75) is 0 Å². The van der Waals surface area contributed by atoms with E-state index in [1.54, 1.807) is 0 Å². The minimum absolute atomic E-state index is 0.0533. The number of fused-ring (bicyclic) bond motifs is 3. The fourth-order valence-corrected chi connectivity index (χ4v) is 7.82. The van der Waals surface area contributed by atoms with E-state index in [1.807, 2.05) is 42.5 Å². The molecule has 202 valence electrons. The topological polar surface area (TPSA) is 51.6 Å². The molecule has 0 aliphatic heterocycles. The van der Waals surface area contributed by atoms with Crippen LogP contribution in [0.15, 0.2) is 146 Å². The number of aromatic nitrogens is 4. The van der Waals surface area contributed by atoms with Gasteiger partial charge < -0.3 is 0 Å². The fourth-order valence-electron chi connectivity index (χ4n) is 5.43. The number of nitrogens with zero attached hydrogens (tertiary/aromatic N) is 4. The van der Waals surface area contributed by atoms with Crippen LogP contribution in [0.3, 0.4) is 0 Å². The minimum atomic E-state index is 0.0533. The number of hydrogen-bond donors (Lipinski definition) is 0. The van der Waals surface area contributed by atoms with Crippen molar-refractivity contribution in [2.24, 2.45) is 0 Å². The number of benzene rings is 6. The van der Waals surface area contributed by atoms with Gasteiger partial charge in [-0.2, -0.15) is 0 Å². The standard InChI is InChI=1S/C38H24N4Se/c1-4-11-25(12-5-1)26-19-21-29(22-20-26)36-40-35(28-13-6-2-7-14-28)41-37(42-36)31-18-10-17-27-23-24-32-34(33(27)31)43-38(39-32)30-15-8-3-9-16-30/h1-24H. The molecule has 0 aliphatic rings. The first-order chi connectivity index (χ1) is 21.3. The van der Waals surface area contributed by atoms with Crippen LogP contribution in [0.1, 0.15) is 0 Å². The quantitative estimate of drug-likeness (QED) is 0.181. The first kappa shape index (κ1) is 25.5. The molecule has 0 aliphatic carbocycles. The zero-order valence-electron chi connectivity index (χ0n) is 23.1. The van der Waals surface area contributed by atoms with Gasteiger partial charge in [-0.15, -0.1) is 0 Å². The SMILES string of the molecule is c1ccc(-c2ccc(-c3nc(-c4ccccc4)nc(-c4cccc5ccc6nc(-c7ccccc7)[se]c6c45)n3)cc2)cc1. The van der Waals surface area contributed by atoms with Crippen molar-refractivity contribution < 1.29 is 0 Å². The van der Waals surface area contributed by atoms with Gasteiger partial charge in [0.1, 0.15) is 0 Å². The molecule has 0 unspecified atom stereocenters. The molecule has 2 heterocycles. The van der Waals surface area contributed by atoms with Gasteiger partial charge in [0.15, 0.2) is 0 Å². The van der Waals surface area contributed by atoms with Gasteiger partial charge in [-0.05, 0) is 0 Å². The zero-order valence-corrected chi connectivity index (χ0v) is 24.8. The third kappa shape index (κ3) is 4.85. The summed E-state index contributed by atoms with van der Waals surface area (Å²) in [4.78, 5) is 20.2. The normalized spacial score (nSPS) is 11.3. The summed E-state index contributed by atoms with van der Waals surface area (Å²) in [5, 5.41) is 2.34. The summed E-state index contributed by atoms with van der Waals surface area (Å²) in [6.07, 6.45) is 0. The van der Waals surface area contributed by atoms with Gasteiger partial charge in [0, 0.05) is 0 Å². The second-order valence-corrected chi connectivity index (χ2v) is 12.4. The molecule has 0 N–H and O–H groups in total. The van der Waals surface area contributed by atoms with E-state index in [0.29, 0.717) is 17.5 Å². The second kappa shape index (κ2) is 10.9. The molecule has 8 rings (SSSR count). The van der Waals surface area contributed by atoms with Crippen molar-refractivity contribution in [2.75, 3.05) is 0 Å². The van der Waals surface area contributed by atoms with E-state index in [1.165, 1.54) is 20.8 Å². The average molecular weight is 616 g/mol. The monoisotopic (exact) mass is 616 g/mol. The van der Waals surface area contributed by atoms with Gasteiger partial charge in [0.25, 0.3) is 0 Å². The Kier molecular flexibility index (Phi) is 6.45. The molecule has 0 spiro atoms. The van der Waals surface area contributed by atoms with Crippen molar-refractivity contribution >= 4 is 35.1 Å². The summed E-state index contributed by atoms with van der Waals surface area (Å²) in [5.41, 5.74) is 7.46. The van der Waals surface area contributed by atoms with Gasteiger partial charge in [0.05, 0.1) is 0 Å². The Bertz CT molecular complexity index is 2210. The average Bonchev–Trinajstić information content (AvgIpc) is 3.54. The molecule has 5 heteroatoms.